The third-order valence-corrected chi connectivity index (χ3v) is 2.84. The van der Waals surface area contributed by atoms with Gasteiger partial charge in [-0.15, -0.1) is 0 Å². The van der Waals surface area contributed by atoms with Crippen LogP contribution in [0.25, 0.3) is 0 Å². The van der Waals surface area contributed by atoms with E-state index in [1.807, 2.05) is 30.3 Å². The van der Waals surface area contributed by atoms with Gasteiger partial charge in [-0.1, -0.05) is 30.3 Å². The highest BCUT2D eigenvalue weighted by Gasteiger charge is 2.43. The summed E-state index contributed by atoms with van der Waals surface area (Å²) < 4.78 is 0. The molecule has 2 heteroatoms. The van der Waals surface area contributed by atoms with Crippen molar-refractivity contribution in [2.24, 2.45) is 11.7 Å². The predicted octanol–water partition coefficient (Wildman–Crippen LogP) is 1.24. The molecule has 0 radical (unpaired) electrons. The van der Waals surface area contributed by atoms with Crippen molar-refractivity contribution in [1.29, 1.82) is 0 Å². The van der Waals surface area contributed by atoms with E-state index >= 15 is 0 Å². The molecule has 0 heterocycles. The average molecular weight is 177 g/mol. The highest BCUT2D eigenvalue weighted by molar-refractivity contribution is 5.25. The molecule has 1 fully saturated rings. The Labute approximate surface area is 78.4 Å². The Morgan fingerprint density at radius 1 is 1.31 bits per heavy atom. The molecule has 1 aliphatic carbocycles. The van der Waals surface area contributed by atoms with Crippen molar-refractivity contribution >= 4 is 0 Å². The summed E-state index contributed by atoms with van der Waals surface area (Å²) in [5, 5.41) is 10.3. The first-order valence-electron chi connectivity index (χ1n) is 4.75. The first-order chi connectivity index (χ1) is 6.27. The van der Waals surface area contributed by atoms with Gasteiger partial charge in [0.2, 0.25) is 0 Å². The fourth-order valence-corrected chi connectivity index (χ4v) is 1.81. The van der Waals surface area contributed by atoms with Gasteiger partial charge in [0.25, 0.3) is 0 Å². The monoisotopic (exact) mass is 177 g/mol. The number of hydrogen-bond acceptors (Lipinski definition) is 2. The topological polar surface area (TPSA) is 46.2 Å². The van der Waals surface area contributed by atoms with Crippen LogP contribution in [0.1, 0.15) is 18.4 Å². The smallest absolute Gasteiger partial charge is 0.105 e. The molecule has 0 amide bonds. The Morgan fingerprint density at radius 3 is 2.38 bits per heavy atom. The molecule has 0 aromatic heterocycles. The van der Waals surface area contributed by atoms with Crippen LogP contribution in [0.3, 0.4) is 0 Å². The van der Waals surface area contributed by atoms with Gasteiger partial charge < -0.3 is 10.8 Å². The zero-order chi connectivity index (χ0) is 9.31. The maximum absolute atomic E-state index is 10.3. The van der Waals surface area contributed by atoms with Gasteiger partial charge in [0.05, 0.1) is 0 Å². The molecule has 0 unspecified atom stereocenters. The van der Waals surface area contributed by atoms with Gasteiger partial charge in [-0.3, -0.25) is 0 Å². The number of hydrogen-bond donors (Lipinski definition) is 2. The molecule has 3 N–H and O–H groups in total. The zero-order valence-electron chi connectivity index (χ0n) is 7.61. The molecule has 1 aromatic carbocycles. The van der Waals surface area contributed by atoms with Crippen LogP contribution in [0.5, 0.6) is 0 Å². The zero-order valence-corrected chi connectivity index (χ0v) is 7.61. The van der Waals surface area contributed by atoms with E-state index in [1.165, 1.54) is 0 Å². The van der Waals surface area contributed by atoms with Crippen molar-refractivity contribution in [3.63, 3.8) is 0 Å². The molecule has 0 bridgehead atoms. The molecular formula is C11H15NO. The van der Waals surface area contributed by atoms with E-state index in [0.717, 1.165) is 18.4 Å². The maximum Gasteiger partial charge on any atom is 0.105 e. The molecule has 0 spiro atoms. The highest BCUT2D eigenvalue weighted by atomic mass is 16.3. The lowest BCUT2D eigenvalue weighted by Crippen LogP contribution is -2.37. The second-order valence-electron chi connectivity index (χ2n) is 3.77. The minimum atomic E-state index is -0.777. The molecular weight excluding hydrogens is 162 g/mol. The Balaban J connectivity index is 2.30. The van der Waals surface area contributed by atoms with Gasteiger partial charge in [-0.25, -0.2) is 0 Å². The van der Waals surface area contributed by atoms with Crippen LogP contribution in [0, 0.1) is 5.92 Å². The Bertz CT molecular complexity index is 281. The van der Waals surface area contributed by atoms with Gasteiger partial charge in [-0.05, 0) is 24.3 Å². The van der Waals surface area contributed by atoms with Crippen LogP contribution in [0.4, 0.5) is 0 Å². The molecule has 0 saturated heterocycles. The first-order valence-corrected chi connectivity index (χ1v) is 4.75. The van der Waals surface area contributed by atoms with Crippen LogP contribution in [0.15, 0.2) is 30.3 Å². The van der Waals surface area contributed by atoms with Gasteiger partial charge in [-0.2, -0.15) is 0 Å². The summed E-state index contributed by atoms with van der Waals surface area (Å²) >= 11 is 0. The standard InChI is InChI=1S/C11H15NO/c12-8-11(13,10-6-7-10)9-4-2-1-3-5-9/h1-5,10,13H,6-8,12H2/t11-/m1/s1. The summed E-state index contributed by atoms with van der Waals surface area (Å²) in [5.41, 5.74) is 5.81. The first kappa shape index (κ1) is 8.73. The minimum Gasteiger partial charge on any atom is -0.384 e. The Hall–Kier alpha value is -0.860. The fourth-order valence-electron chi connectivity index (χ4n) is 1.81. The quantitative estimate of drug-likeness (QED) is 0.729. The van der Waals surface area contributed by atoms with Crippen LogP contribution in [-0.2, 0) is 5.60 Å². The van der Waals surface area contributed by atoms with E-state index < -0.39 is 5.60 Å². The van der Waals surface area contributed by atoms with E-state index in [1.54, 1.807) is 0 Å². The van der Waals surface area contributed by atoms with Crippen molar-refractivity contribution in [1.82, 2.24) is 0 Å². The van der Waals surface area contributed by atoms with E-state index in [4.69, 9.17) is 5.73 Å². The van der Waals surface area contributed by atoms with E-state index in [2.05, 4.69) is 0 Å². The van der Waals surface area contributed by atoms with Crippen molar-refractivity contribution < 1.29 is 5.11 Å². The molecule has 70 valence electrons. The lowest BCUT2D eigenvalue weighted by Gasteiger charge is -2.26. The van der Waals surface area contributed by atoms with Gasteiger partial charge in [0, 0.05) is 6.54 Å². The molecule has 0 aliphatic heterocycles. The van der Waals surface area contributed by atoms with E-state index in [-0.39, 0.29) is 0 Å². The lowest BCUT2D eigenvalue weighted by molar-refractivity contribution is 0.0222. The molecule has 2 rings (SSSR count). The number of benzene rings is 1. The van der Waals surface area contributed by atoms with Crippen molar-refractivity contribution in [3.05, 3.63) is 35.9 Å². The van der Waals surface area contributed by atoms with Crippen LogP contribution in [-0.4, -0.2) is 11.7 Å². The van der Waals surface area contributed by atoms with E-state index in [0.29, 0.717) is 12.5 Å². The second kappa shape index (κ2) is 3.13. The SMILES string of the molecule is NC[C@@](O)(c1ccccc1)C1CC1. The molecule has 1 aromatic rings. The van der Waals surface area contributed by atoms with Crippen LogP contribution in [0.2, 0.25) is 0 Å². The summed E-state index contributed by atoms with van der Waals surface area (Å²) in [5.74, 6) is 0.375. The summed E-state index contributed by atoms with van der Waals surface area (Å²) in [6.45, 7) is 0.321. The highest BCUT2D eigenvalue weighted by Crippen LogP contribution is 2.44. The number of aliphatic hydroxyl groups is 1. The van der Waals surface area contributed by atoms with Crippen molar-refractivity contribution in [2.75, 3.05) is 6.54 Å². The molecule has 1 saturated carbocycles. The van der Waals surface area contributed by atoms with Gasteiger partial charge in [0.15, 0.2) is 0 Å². The van der Waals surface area contributed by atoms with Crippen LogP contribution < -0.4 is 5.73 Å². The summed E-state index contributed by atoms with van der Waals surface area (Å²) in [6.07, 6.45) is 2.20. The second-order valence-corrected chi connectivity index (χ2v) is 3.77. The normalized spacial score (nSPS) is 21.1. The molecule has 1 aliphatic rings. The minimum absolute atomic E-state index is 0.321. The summed E-state index contributed by atoms with van der Waals surface area (Å²) in [4.78, 5) is 0. The van der Waals surface area contributed by atoms with Crippen molar-refractivity contribution in [3.8, 4) is 0 Å². The molecule has 2 nitrogen and oxygen atoms in total. The van der Waals surface area contributed by atoms with Crippen LogP contribution >= 0.6 is 0 Å². The largest absolute Gasteiger partial charge is 0.384 e. The van der Waals surface area contributed by atoms with E-state index in [9.17, 15) is 5.11 Å². The fraction of sp³-hybridized carbons (Fsp3) is 0.455. The number of rotatable bonds is 3. The summed E-state index contributed by atoms with van der Waals surface area (Å²) in [7, 11) is 0. The third-order valence-electron chi connectivity index (χ3n) is 2.84. The lowest BCUT2D eigenvalue weighted by atomic mass is 9.89. The number of nitrogens with two attached hydrogens (primary N) is 1. The maximum atomic E-state index is 10.3. The Kier molecular flexibility index (Phi) is 2.10. The van der Waals surface area contributed by atoms with Gasteiger partial charge >= 0.3 is 0 Å². The third kappa shape index (κ3) is 1.47. The molecule has 13 heavy (non-hydrogen) atoms. The van der Waals surface area contributed by atoms with Crippen molar-refractivity contribution in [2.45, 2.75) is 18.4 Å². The predicted molar refractivity (Wildman–Crippen MR) is 52.1 cm³/mol. The summed E-state index contributed by atoms with van der Waals surface area (Å²) in [6, 6.07) is 9.74. The molecule has 1 atom stereocenters. The van der Waals surface area contributed by atoms with Gasteiger partial charge in [0.1, 0.15) is 5.60 Å². The average Bonchev–Trinajstić information content (AvgIpc) is 3.02. The Morgan fingerprint density at radius 2 is 1.92 bits per heavy atom.